The topological polar surface area (TPSA) is 109 Å². The minimum absolute atomic E-state index is 0.0460. The largest absolute Gasteiger partial charge is 0.493 e. The number of ether oxygens (including phenoxy) is 2. The fraction of sp³-hybridized carbons (Fsp3) is 0.310. The van der Waals surface area contributed by atoms with Crippen LogP contribution in [0.5, 0.6) is 17.2 Å². The summed E-state index contributed by atoms with van der Waals surface area (Å²) < 4.78 is 44.5. The van der Waals surface area contributed by atoms with Crippen molar-refractivity contribution >= 4 is 33.0 Å². The van der Waals surface area contributed by atoms with E-state index in [-0.39, 0.29) is 22.0 Å². The fourth-order valence-electron chi connectivity index (χ4n) is 4.26. The van der Waals surface area contributed by atoms with Gasteiger partial charge in [-0.2, -0.15) is 0 Å². The number of fused-ring (bicyclic) bond motifs is 1. The Bertz CT molecular complexity index is 1690. The summed E-state index contributed by atoms with van der Waals surface area (Å²) in [7, 11) is -0.791. The molecule has 1 aromatic heterocycles. The van der Waals surface area contributed by atoms with Crippen molar-refractivity contribution in [1.82, 2.24) is 9.13 Å². The summed E-state index contributed by atoms with van der Waals surface area (Å²) in [6.07, 6.45) is 2.10. The highest BCUT2D eigenvalue weighted by Crippen LogP contribution is 2.36. The maximum Gasteiger partial charge on any atom is 0.328 e. The second-order valence-electron chi connectivity index (χ2n) is 10.2. The van der Waals surface area contributed by atoms with Gasteiger partial charge in [0.2, 0.25) is 0 Å². The number of sulfonamides is 1. The Balaban J connectivity index is 1.76. The third-order valence-corrected chi connectivity index (χ3v) is 7.67. The zero-order valence-electron chi connectivity index (χ0n) is 22.7. The number of benzene rings is 3. The molecule has 1 heterocycles. The van der Waals surface area contributed by atoms with Gasteiger partial charge in [0, 0.05) is 31.6 Å². The summed E-state index contributed by atoms with van der Waals surface area (Å²) in [5.74, 6) is 1.29. The van der Waals surface area contributed by atoms with E-state index in [9.17, 15) is 18.0 Å². The molecule has 0 amide bonds. The van der Waals surface area contributed by atoms with Crippen LogP contribution in [0.1, 0.15) is 32.8 Å². The number of hydrogen-bond donors (Lipinski definition) is 1. The van der Waals surface area contributed by atoms with Gasteiger partial charge in [0.1, 0.15) is 17.8 Å². The Kier molecular flexibility index (Phi) is 7.87. The van der Waals surface area contributed by atoms with Crippen molar-refractivity contribution < 1.29 is 22.7 Å². The number of nitrogens with one attached hydrogen (secondary N) is 1. The Hall–Kier alpha value is -4.05. The molecule has 3 aromatic carbocycles. The van der Waals surface area contributed by atoms with Gasteiger partial charge in [-0.15, -0.1) is 0 Å². The van der Waals surface area contributed by atoms with Crippen LogP contribution in [0.2, 0.25) is 0 Å². The SMILES string of the molecule is CCCOc1cccc(Oc2cc3c(cc2NS(=O)(=O)c2cccc(CC(C)(C)C=O)c2)n(C)c(=O)n3C)c1. The summed E-state index contributed by atoms with van der Waals surface area (Å²) in [6.45, 7) is 6.15. The van der Waals surface area contributed by atoms with E-state index in [1.807, 2.05) is 13.0 Å². The second kappa shape index (κ2) is 11.0. The fourth-order valence-corrected chi connectivity index (χ4v) is 5.39. The highest BCUT2D eigenvalue weighted by molar-refractivity contribution is 7.92. The highest BCUT2D eigenvalue weighted by Gasteiger charge is 2.22. The van der Waals surface area contributed by atoms with Gasteiger partial charge in [0.25, 0.3) is 10.0 Å². The van der Waals surface area contributed by atoms with Gasteiger partial charge in [-0.25, -0.2) is 13.2 Å². The van der Waals surface area contributed by atoms with Crippen molar-refractivity contribution in [2.45, 2.75) is 38.5 Å². The van der Waals surface area contributed by atoms with Crippen molar-refractivity contribution in [2.75, 3.05) is 11.3 Å². The molecule has 0 aliphatic carbocycles. The number of aryl methyl sites for hydroxylation is 2. The Morgan fingerprint density at radius 2 is 1.62 bits per heavy atom. The lowest BCUT2D eigenvalue weighted by molar-refractivity contribution is -0.114. The Morgan fingerprint density at radius 1 is 0.949 bits per heavy atom. The molecule has 10 heteroatoms. The number of carbonyl (C=O) groups excluding carboxylic acids is 1. The van der Waals surface area contributed by atoms with E-state index in [1.165, 1.54) is 15.2 Å². The predicted molar refractivity (Wildman–Crippen MR) is 151 cm³/mol. The van der Waals surface area contributed by atoms with Gasteiger partial charge in [0.05, 0.1) is 28.2 Å². The lowest BCUT2D eigenvalue weighted by Crippen LogP contribution is -2.19. The quantitative estimate of drug-likeness (QED) is 0.262. The van der Waals surface area contributed by atoms with Crippen LogP contribution in [0, 0.1) is 5.41 Å². The van der Waals surface area contributed by atoms with Crippen LogP contribution in [0.4, 0.5) is 5.69 Å². The van der Waals surface area contributed by atoms with Gasteiger partial charge < -0.3 is 14.3 Å². The van der Waals surface area contributed by atoms with Gasteiger partial charge in [-0.3, -0.25) is 13.9 Å². The molecule has 39 heavy (non-hydrogen) atoms. The third kappa shape index (κ3) is 6.17. The number of aromatic nitrogens is 2. The van der Waals surface area contributed by atoms with Crippen molar-refractivity contribution in [3.63, 3.8) is 0 Å². The lowest BCUT2D eigenvalue weighted by atomic mass is 9.87. The standard InChI is InChI=1S/C29H33N3O6S/c1-6-13-37-21-10-8-11-22(15-21)38-27-17-26-25(31(4)28(34)32(26)5)16-24(27)30-39(35,36)23-12-7-9-20(14-23)18-29(2,3)19-33/h7-12,14-17,19,30H,6,13,18H2,1-5H3. The van der Waals surface area contributed by atoms with Crippen LogP contribution in [0.3, 0.4) is 0 Å². The summed E-state index contributed by atoms with van der Waals surface area (Å²) in [4.78, 5) is 24.0. The molecule has 4 rings (SSSR count). The number of imidazole rings is 1. The molecule has 0 spiro atoms. The number of rotatable bonds is 11. The van der Waals surface area contributed by atoms with Crippen molar-refractivity contribution in [3.8, 4) is 17.2 Å². The molecule has 4 aromatic rings. The molecule has 0 aliphatic rings. The van der Waals surface area contributed by atoms with E-state index in [2.05, 4.69) is 4.72 Å². The number of hydrogen-bond acceptors (Lipinski definition) is 6. The van der Waals surface area contributed by atoms with Gasteiger partial charge in [-0.1, -0.05) is 39.0 Å². The van der Waals surface area contributed by atoms with E-state index in [4.69, 9.17) is 9.47 Å². The molecule has 0 saturated carbocycles. The monoisotopic (exact) mass is 551 g/mol. The molecule has 0 atom stereocenters. The minimum atomic E-state index is -4.06. The average Bonchev–Trinajstić information content (AvgIpc) is 3.10. The van der Waals surface area contributed by atoms with Crippen molar-refractivity contribution in [2.24, 2.45) is 19.5 Å². The van der Waals surface area contributed by atoms with Crippen LogP contribution in [-0.2, 0) is 35.3 Å². The highest BCUT2D eigenvalue weighted by atomic mass is 32.2. The Morgan fingerprint density at radius 3 is 2.31 bits per heavy atom. The van der Waals surface area contributed by atoms with E-state index >= 15 is 0 Å². The summed E-state index contributed by atoms with van der Waals surface area (Å²) in [5.41, 5.74) is 1.12. The van der Waals surface area contributed by atoms with Crippen LogP contribution in [0.25, 0.3) is 11.0 Å². The van der Waals surface area contributed by atoms with Crippen LogP contribution in [0.15, 0.2) is 70.4 Å². The number of aldehydes is 1. The molecule has 0 bridgehead atoms. The molecule has 0 fully saturated rings. The van der Waals surface area contributed by atoms with Crippen LogP contribution >= 0.6 is 0 Å². The molecular formula is C29H33N3O6S. The molecule has 0 radical (unpaired) electrons. The summed E-state index contributed by atoms with van der Waals surface area (Å²) in [5, 5.41) is 0. The Labute approximate surface area is 228 Å². The molecule has 0 unspecified atom stereocenters. The third-order valence-electron chi connectivity index (χ3n) is 6.31. The predicted octanol–water partition coefficient (Wildman–Crippen LogP) is 5.03. The first-order valence-corrected chi connectivity index (χ1v) is 14.1. The van der Waals surface area contributed by atoms with E-state index in [1.54, 1.807) is 76.5 Å². The minimum Gasteiger partial charge on any atom is -0.493 e. The van der Waals surface area contributed by atoms with Crippen LogP contribution in [-0.4, -0.2) is 30.4 Å². The molecule has 9 nitrogen and oxygen atoms in total. The van der Waals surface area contributed by atoms with Crippen LogP contribution < -0.4 is 19.9 Å². The van der Waals surface area contributed by atoms with E-state index in [0.717, 1.165) is 18.3 Å². The van der Waals surface area contributed by atoms with E-state index < -0.39 is 15.4 Å². The molecular weight excluding hydrogens is 518 g/mol. The maximum absolute atomic E-state index is 13.5. The van der Waals surface area contributed by atoms with Crippen molar-refractivity contribution in [3.05, 3.63) is 76.7 Å². The summed E-state index contributed by atoms with van der Waals surface area (Å²) in [6, 6.07) is 16.8. The van der Waals surface area contributed by atoms with Gasteiger partial charge >= 0.3 is 5.69 Å². The number of nitrogens with zero attached hydrogens (tertiary/aromatic N) is 2. The average molecular weight is 552 g/mol. The lowest BCUT2D eigenvalue weighted by Gasteiger charge is -2.18. The smallest absolute Gasteiger partial charge is 0.328 e. The second-order valence-corrected chi connectivity index (χ2v) is 11.9. The molecule has 0 saturated heterocycles. The first-order chi connectivity index (χ1) is 18.4. The first kappa shape index (κ1) is 28.0. The molecule has 0 aliphatic heterocycles. The zero-order chi connectivity index (χ0) is 28.4. The molecule has 206 valence electrons. The van der Waals surface area contributed by atoms with Crippen molar-refractivity contribution in [1.29, 1.82) is 0 Å². The first-order valence-electron chi connectivity index (χ1n) is 12.6. The van der Waals surface area contributed by atoms with Gasteiger partial charge in [-0.05, 0) is 48.7 Å². The van der Waals surface area contributed by atoms with Gasteiger partial charge in [0.15, 0.2) is 5.75 Å². The zero-order valence-corrected chi connectivity index (χ0v) is 23.5. The van der Waals surface area contributed by atoms with E-state index in [0.29, 0.717) is 35.6 Å². The maximum atomic E-state index is 13.5. The number of anilines is 1. The number of carbonyl (C=O) groups is 1. The normalized spacial score (nSPS) is 11.9. The summed E-state index contributed by atoms with van der Waals surface area (Å²) >= 11 is 0. The molecule has 1 N–H and O–H groups in total.